The monoisotopic (exact) mass is 375 g/mol. The van der Waals surface area contributed by atoms with Gasteiger partial charge in [-0.2, -0.15) is 0 Å². The minimum absolute atomic E-state index is 0.0158. The molecule has 0 radical (unpaired) electrons. The van der Waals surface area contributed by atoms with Crippen LogP contribution in [0.3, 0.4) is 0 Å². The average molecular weight is 375 g/mol. The van der Waals surface area contributed by atoms with E-state index in [1.807, 2.05) is 30.3 Å². The van der Waals surface area contributed by atoms with Gasteiger partial charge in [-0.25, -0.2) is 0 Å². The number of carbonyl (C=O) groups excluding carboxylic acids is 2. The summed E-state index contributed by atoms with van der Waals surface area (Å²) in [4.78, 5) is 25.0. The molecule has 0 fully saturated rings. The Morgan fingerprint density at radius 1 is 0.821 bits per heavy atom. The summed E-state index contributed by atoms with van der Waals surface area (Å²) in [7, 11) is 0. The summed E-state index contributed by atoms with van der Waals surface area (Å²) in [6, 6.07) is 22.3. The molecule has 6 heteroatoms. The maximum atomic E-state index is 12.3. The van der Waals surface area contributed by atoms with E-state index in [2.05, 4.69) is 5.32 Å². The summed E-state index contributed by atoms with van der Waals surface area (Å²) < 4.78 is 0. The zero-order valence-electron chi connectivity index (χ0n) is 15.0. The van der Waals surface area contributed by atoms with E-state index < -0.39 is 6.09 Å². The first-order valence-electron chi connectivity index (χ1n) is 8.71. The van der Waals surface area contributed by atoms with Crippen molar-refractivity contribution in [2.24, 2.45) is 0 Å². The van der Waals surface area contributed by atoms with Gasteiger partial charge in [0, 0.05) is 18.7 Å². The number of aromatic hydroxyl groups is 1. The highest BCUT2D eigenvalue weighted by atomic mass is 16.4. The molecule has 0 spiro atoms. The van der Waals surface area contributed by atoms with Crippen molar-refractivity contribution in [3.05, 3.63) is 95.6 Å². The Kier molecular flexibility index (Phi) is 5.91. The molecular weight excluding hydrogens is 356 g/mol. The molecule has 0 aliphatic carbocycles. The summed E-state index contributed by atoms with van der Waals surface area (Å²) in [6.45, 7) is 0.372. The molecule has 28 heavy (non-hydrogen) atoms. The lowest BCUT2D eigenvalue weighted by Gasteiger charge is -2.25. The zero-order chi connectivity index (χ0) is 19.9. The van der Waals surface area contributed by atoms with Crippen molar-refractivity contribution in [3.63, 3.8) is 0 Å². The highest BCUT2D eigenvalue weighted by Gasteiger charge is 2.10. The number of carboxylic acid groups (broad SMARTS) is 1. The molecule has 0 heterocycles. The second kappa shape index (κ2) is 8.73. The number of nitrogens with zero attached hydrogens (tertiary/aromatic N) is 1. The molecule has 142 valence electrons. The van der Waals surface area contributed by atoms with Crippen LogP contribution < -0.4 is 10.4 Å². The number of para-hydroxylation sites is 2. The first-order chi connectivity index (χ1) is 13.5. The molecule has 0 unspecified atom stereocenters. The van der Waals surface area contributed by atoms with E-state index >= 15 is 0 Å². The largest absolute Gasteiger partial charge is 0.530 e. The fraction of sp³-hybridized carbons (Fsp3) is 0.0909. The van der Waals surface area contributed by atoms with E-state index in [0.29, 0.717) is 11.3 Å². The molecule has 6 nitrogen and oxygen atoms in total. The van der Waals surface area contributed by atoms with Crippen molar-refractivity contribution in [1.82, 2.24) is 4.90 Å². The molecule has 0 saturated heterocycles. The van der Waals surface area contributed by atoms with Crippen LogP contribution in [-0.4, -0.2) is 22.0 Å². The number of carbonyl (C=O) groups is 2. The van der Waals surface area contributed by atoms with E-state index in [1.54, 1.807) is 42.5 Å². The van der Waals surface area contributed by atoms with Gasteiger partial charge in [0.25, 0.3) is 5.91 Å². The molecule has 0 saturated carbocycles. The molecule has 0 atom stereocenters. The van der Waals surface area contributed by atoms with Crippen molar-refractivity contribution >= 4 is 17.7 Å². The van der Waals surface area contributed by atoms with E-state index in [9.17, 15) is 19.8 Å². The van der Waals surface area contributed by atoms with E-state index in [-0.39, 0.29) is 24.7 Å². The van der Waals surface area contributed by atoms with Crippen LogP contribution in [0.2, 0.25) is 0 Å². The lowest BCUT2D eigenvalue weighted by Crippen LogP contribution is -2.40. The zero-order valence-corrected chi connectivity index (χ0v) is 15.0. The van der Waals surface area contributed by atoms with E-state index in [0.717, 1.165) is 11.1 Å². The Labute approximate surface area is 162 Å². The van der Waals surface area contributed by atoms with Gasteiger partial charge in [-0.3, -0.25) is 4.79 Å². The minimum Gasteiger partial charge on any atom is -0.530 e. The Morgan fingerprint density at radius 2 is 1.39 bits per heavy atom. The Morgan fingerprint density at radius 3 is 2.00 bits per heavy atom. The maximum Gasteiger partial charge on any atom is 0.255 e. The average Bonchev–Trinajstić information content (AvgIpc) is 2.70. The maximum absolute atomic E-state index is 12.3. The molecule has 0 bridgehead atoms. The van der Waals surface area contributed by atoms with Gasteiger partial charge < -0.3 is 25.2 Å². The van der Waals surface area contributed by atoms with Gasteiger partial charge in [-0.1, -0.05) is 54.6 Å². The Bertz CT molecular complexity index is 956. The summed E-state index contributed by atoms with van der Waals surface area (Å²) in [6.07, 6.45) is -1.26. The van der Waals surface area contributed by atoms with Gasteiger partial charge in [0.05, 0.1) is 5.69 Å². The fourth-order valence-electron chi connectivity index (χ4n) is 2.74. The number of phenols is 1. The smallest absolute Gasteiger partial charge is 0.255 e. The minimum atomic E-state index is -1.26. The second-order valence-corrected chi connectivity index (χ2v) is 6.28. The molecule has 2 N–H and O–H groups in total. The van der Waals surface area contributed by atoms with Crippen LogP contribution in [0.15, 0.2) is 78.9 Å². The van der Waals surface area contributed by atoms with Crippen LogP contribution in [0.5, 0.6) is 5.75 Å². The molecule has 0 aliphatic rings. The first kappa shape index (κ1) is 19.0. The summed E-state index contributed by atoms with van der Waals surface area (Å²) >= 11 is 0. The van der Waals surface area contributed by atoms with Crippen LogP contribution in [0.25, 0.3) is 0 Å². The van der Waals surface area contributed by atoms with Crippen LogP contribution in [-0.2, 0) is 13.1 Å². The first-order valence-corrected chi connectivity index (χ1v) is 8.71. The molecular formula is C22H19N2O4-. The van der Waals surface area contributed by atoms with Crippen molar-refractivity contribution in [3.8, 4) is 5.75 Å². The Hall–Kier alpha value is -3.80. The van der Waals surface area contributed by atoms with Crippen molar-refractivity contribution in [2.75, 3.05) is 5.32 Å². The highest BCUT2D eigenvalue weighted by Crippen LogP contribution is 2.22. The third-order valence-corrected chi connectivity index (χ3v) is 4.22. The number of hydrogen-bond acceptors (Lipinski definition) is 4. The normalized spacial score (nSPS) is 10.3. The quantitative estimate of drug-likeness (QED) is 0.648. The van der Waals surface area contributed by atoms with Gasteiger partial charge in [0.1, 0.15) is 11.8 Å². The number of amides is 2. The predicted octanol–water partition coefficient (Wildman–Crippen LogP) is 2.99. The third-order valence-electron chi connectivity index (χ3n) is 4.22. The van der Waals surface area contributed by atoms with Gasteiger partial charge in [0.15, 0.2) is 0 Å². The molecule has 2 amide bonds. The lowest BCUT2D eigenvalue weighted by atomic mass is 10.1. The number of phenolic OH excluding ortho intramolecular Hbond substituents is 1. The van der Waals surface area contributed by atoms with Gasteiger partial charge in [0.2, 0.25) is 0 Å². The molecule has 0 aromatic heterocycles. The van der Waals surface area contributed by atoms with Crippen LogP contribution in [0.4, 0.5) is 10.5 Å². The van der Waals surface area contributed by atoms with Crippen LogP contribution >= 0.6 is 0 Å². The van der Waals surface area contributed by atoms with E-state index in [1.165, 1.54) is 11.0 Å². The molecule has 3 rings (SSSR count). The van der Waals surface area contributed by atoms with Crippen LogP contribution in [0, 0.1) is 0 Å². The number of anilines is 1. The SMILES string of the molecule is O=C(Nc1ccccc1O)c1ccc(CN(Cc2ccccc2)C(=O)[O-])cc1. The molecule has 0 aliphatic heterocycles. The number of benzene rings is 3. The second-order valence-electron chi connectivity index (χ2n) is 6.28. The highest BCUT2D eigenvalue weighted by molar-refractivity contribution is 6.05. The van der Waals surface area contributed by atoms with E-state index in [4.69, 9.17) is 0 Å². The number of rotatable bonds is 6. The van der Waals surface area contributed by atoms with Crippen molar-refractivity contribution < 1.29 is 19.8 Å². The standard InChI is InChI=1S/C22H20N2O4/c25-20-9-5-4-8-19(20)23-21(26)18-12-10-17(11-13-18)15-24(22(27)28)14-16-6-2-1-3-7-16/h1-13,25H,14-15H2,(H,23,26)(H,27,28)/p-1. The number of nitrogens with one attached hydrogen (secondary N) is 1. The van der Waals surface area contributed by atoms with Gasteiger partial charge in [-0.15, -0.1) is 0 Å². The molecule has 3 aromatic carbocycles. The summed E-state index contributed by atoms with van der Waals surface area (Å²) in [5, 5.41) is 23.8. The number of hydrogen-bond donors (Lipinski definition) is 2. The lowest BCUT2D eigenvalue weighted by molar-refractivity contribution is -0.267. The van der Waals surface area contributed by atoms with Gasteiger partial charge in [-0.05, 0) is 35.4 Å². The summed E-state index contributed by atoms with van der Waals surface area (Å²) in [5.74, 6) is -0.382. The topological polar surface area (TPSA) is 92.7 Å². The fourth-order valence-corrected chi connectivity index (χ4v) is 2.74. The summed E-state index contributed by atoms with van der Waals surface area (Å²) in [5.41, 5.74) is 2.32. The van der Waals surface area contributed by atoms with Gasteiger partial charge >= 0.3 is 0 Å². The van der Waals surface area contributed by atoms with Crippen LogP contribution in [0.1, 0.15) is 21.5 Å². The predicted molar refractivity (Wildman–Crippen MR) is 104 cm³/mol. The molecule has 3 aromatic rings. The Balaban J connectivity index is 1.66. The third kappa shape index (κ3) is 4.88. The van der Waals surface area contributed by atoms with Crippen molar-refractivity contribution in [1.29, 1.82) is 0 Å². The van der Waals surface area contributed by atoms with Crippen molar-refractivity contribution in [2.45, 2.75) is 13.1 Å².